The van der Waals surface area contributed by atoms with E-state index < -0.39 is 5.92 Å². The number of esters is 1. The Bertz CT molecular complexity index is 490. The molecule has 0 fully saturated rings. The second kappa shape index (κ2) is 30.7. The van der Waals surface area contributed by atoms with Gasteiger partial charge in [-0.3, -0.25) is 9.59 Å². The van der Waals surface area contributed by atoms with E-state index in [0.717, 1.165) is 25.7 Å². The molecule has 0 saturated heterocycles. The van der Waals surface area contributed by atoms with Gasteiger partial charge in [0.25, 0.3) is 0 Å². The van der Waals surface area contributed by atoms with Gasteiger partial charge in [-0.15, -0.1) is 0 Å². The average Bonchev–Trinajstić information content (AvgIpc) is 2.85. The van der Waals surface area contributed by atoms with E-state index in [9.17, 15) is 9.59 Å². The maximum absolute atomic E-state index is 12.6. The third-order valence-corrected chi connectivity index (χ3v) is 6.91. The van der Waals surface area contributed by atoms with E-state index in [1.807, 2.05) is 0 Å². The van der Waals surface area contributed by atoms with E-state index in [4.69, 9.17) is 4.74 Å². The second-order valence-electron chi connectivity index (χ2n) is 10.1. The SMILES string of the molecule is CCCCCCCC/C=C\CCCCCCCC(=O)C(CCCCCCCCCC)C(=O)OC.[KH]. The van der Waals surface area contributed by atoms with Crippen molar-refractivity contribution >= 4 is 63.1 Å². The van der Waals surface area contributed by atoms with Crippen LogP contribution in [0.4, 0.5) is 0 Å². The molecule has 4 heteroatoms. The predicted octanol–water partition coefficient (Wildman–Crippen LogP) is 9.26. The van der Waals surface area contributed by atoms with Gasteiger partial charge >= 0.3 is 57.4 Å². The molecule has 0 aromatic carbocycles. The molecule has 0 aliphatic rings. The van der Waals surface area contributed by atoms with Crippen LogP contribution in [0.2, 0.25) is 0 Å². The van der Waals surface area contributed by atoms with Crippen LogP contribution in [0, 0.1) is 5.92 Å². The van der Waals surface area contributed by atoms with Crippen LogP contribution in [0.1, 0.15) is 162 Å². The van der Waals surface area contributed by atoms with Gasteiger partial charge in [0.05, 0.1) is 7.11 Å². The quantitative estimate of drug-likeness (QED) is 0.0377. The molecule has 1 unspecified atom stereocenters. The topological polar surface area (TPSA) is 43.4 Å². The minimum atomic E-state index is -0.540. The average molecular weight is 519 g/mol. The first-order chi connectivity index (χ1) is 16.7. The molecular weight excluding hydrogens is 459 g/mol. The molecular formula is C31H59KO3. The molecule has 0 saturated carbocycles. The number of allylic oxidation sites excluding steroid dienone is 2. The summed E-state index contributed by atoms with van der Waals surface area (Å²) in [7, 11) is 1.40. The Morgan fingerprint density at radius 2 is 1.00 bits per heavy atom. The second-order valence-corrected chi connectivity index (χ2v) is 10.1. The summed E-state index contributed by atoms with van der Waals surface area (Å²) in [6.07, 6.45) is 31.9. The van der Waals surface area contributed by atoms with E-state index >= 15 is 0 Å². The van der Waals surface area contributed by atoms with Crippen molar-refractivity contribution in [2.24, 2.45) is 5.92 Å². The van der Waals surface area contributed by atoms with Crippen molar-refractivity contribution in [2.45, 2.75) is 162 Å². The zero-order valence-corrected chi connectivity index (χ0v) is 23.2. The number of hydrogen-bond donors (Lipinski definition) is 0. The van der Waals surface area contributed by atoms with Crippen LogP contribution >= 0.6 is 0 Å². The number of hydrogen-bond acceptors (Lipinski definition) is 3. The maximum atomic E-state index is 12.6. The van der Waals surface area contributed by atoms with Crippen molar-refractivity contribution in [3.63, 3.8) is 0 Å². The van der Waals surface area contributed by atoms with E-state index in [0.29, 0.717) is 12.8 Å². The molecule has 0 amide bonds. The van der Waals surface area contributed by atoms with E-state index in [1.54, 1.807) is 0 Å². The van der Waals surface area contributed by atoms with Gasteiger partial charge < -0.3 is 4.74 Å². The van der Waals surface area contributed by atoms with Gasteiger partial charge in [-0.05, 0) is 38.5 Å². The third-order valence-electron chi connectivity index (χ3n) is 6.91. The first kappa shape index (κ1) is 37.7. The summed E-state index contributed by atoms with van der Waals surface area (Å²) >= 11 is 0. The molecule has 0 aliphatic heterocycles. The summed E-state index contributed by atoms with van der Waals surface area (Å²) in [6, 6.07) is 0. The molecule has 3 nitrogen and oxygen atoms in total. The monoisotopic (exact) mass is 518 g/mol. The molecule has 0 rings (SSSR count). The minimum absolute atomic E-state index is 0. The number of ether oxygens (including phenoxy) is 1. The van der Waals surface area contributed by atoms with E-state index in [-0.39, 0.29) is 63.1 Å². The van der Waals surface area contributed by atoms with Crippen molar-refractivity contribution in [1.29, 1.82) is 0 Å². The molecule has 202 valence electrons. The molecule has 35 heavy (non-hydrogen) atoms. The van der Waals surface area contributed by atoms with Crippen LogP contribution in [-0.4, -0.2) is 70.2 Å². The molecule has 0 radical (unpaired) electrons. The van der Waals surface area contributed by atoms with Gasteiger partial charge in [-0.1, -0.05) is 129 Å². The summed E-state index contributed by atoms with van der Waals surface area (Å²) in [6.45, 7) is 4.50. The van der Waals surface area contributed by atoms with Crippen LogP contribution in [0.15, 0.2) is 12.2 Å². The number of unbranched alkanes of at least 4 members (excludes halogenated alkanes) is 18. The van der Waals surface area contributed by atoms with Crippen LogP contribution in [0.5, 0.6) is 0 Å². The van der Waals surface area contributed by atoms with Crippen molar-refractivity contribution in [3.8, 4) is 0 Å². The predicted molar refractivity (Wildman–Crippen MR) is 154 cm³/mol. The Balaban J connectivity index is 0. The first-order valence-corrected chi connectivity index (χ1v) is 14.9. The van der Waals surface area contributed by atoms with Crippen molar-refractivity contribution in [1.82, 2.24) is 0 Å². The Labute approximate surface area is 261 Å². The van der Waals surface area contributed by atoms with E-state index in [1.165, 1.54) is 116 Å². The van der Waals surface area contributed by atoms with Gasteiger partial charge in [-0.25, -0.2) is 0 Å². The van der Waals surface area contributed by atoms with Crippen LogP contribution in [-0.2, 0) is 14.3 Å². The number of carbonyl (C=O) groups is 2. The molecule has 0 aliphatic carbocycles. The number of rotatable bonds is 26. The Kier molecular flexibility index (Phi) is 33.1. The third kappa shape index (κ3) is 25.9. The zero-order chi connectivity index (χ0) is 25.1. The van der Waals surface area contributed by atoms with Gasteiger partial charge in [0.2, 0.25) is 0 Å². The number of ketones is 1. The van der Waals surface area contributed by atoms with E-state index in [2.05, 4.69) is 26.0 Å². The van der Waals surface area contributed by atoms with Crippen molar-refractivity contribution in [3.05, 3.63) is 12.2 Å². The van der Waals surface area contributed by atoms with Crippen LogP contribution in [0.3, 0.4) is 0 Å². The van der Waals surface area contributed by atoms with Gasteiger partial charge in [0.15, 0.2) is 0 Å². The Morgan fingerprint density at radius 3 is 1.46 bits per heavy atom. The summed E-state index contributed by atoms with van der Waals surface area (Å²) < 4.78 is 4.92. The molecule has 0 bridgehead atoms. The fourth-order valence-corrected chi connectivity index (χ4v) is 4.58. The number of Topliss-reactive ketones (excluding diaryl/α,β-unsaturated/α-hetero) is 1. The molecule has 0 spiro atoms. The fourth-order valence-electron chi connectivity index (χ4n) is 4.58. The van der Waals surface area contributed by atoms with Crippen molar-refractivity contribution < 1.29 is 14.3 Å². The molecule has 0 aromatic rings. The molecule has 0 aromatic heterocycles. The zero-order valence-electron chi connectivity index (χ0n) is 23.2. The summed E-state index contributed by atoms with van der Waals surface area (Å²) in [4.78, 5) is 24.7. The van der Waals surface area contributed by atoms with Crippen LogP contribution < -0.4 is 0 Å². The summed E-state index contributed by atoms with van der Waals surface area (Å²) in [5.41, 5.74) is 0. The standard InChI is InChI=1S/C31H58O3.K.H/c1-4-6-8-10-12-14-15-16-17-18-19-20-22-24-26-28-30(32)29(31(33)34-3)27-25-23-21-13-11-9-7-5-2;;/h16-17,29H,4-15,18-28H2,1-3H3;;/b17-16-;;. The Morgan fingerprint density at radius 1 is 0.600 bits per heavy atom. The number of methoxy groups -OCH3 is 1. The Hall–Kier alpha value is 0.516. The number of carbonyl (C=O) groups excluding carboxylic acids is 2. The molecule has 0 heterocycles. The van der Waals surface area contributed by atoms with Gasteiger partial charge in [-0.2, -0.15) is 0 Å². The van der Waals surface area contributed by atoms with Gasteiger partial charge in [0, 0.05) is 6.42 Å². The molecule has 1 atom stereocenters. The van der Waals surface area contributed by atoms with Crippen LogP contribution in [0.25, 0.3) is 0 Å². The summed E-state index contributed by atoms with van der Waals surface area (Å²) in [5, 5.41) is 0. The normalized spacial score (nSPS) is 12.0. The van der Waals surface area contributed by atoms with Gasteiger partial charge in [0.1, 0.15) is 11.7 Å². The first-order valence-electron chi connectivity index (χ1n) is 14.9. The fraction of sp³-hybridized carbons (Fsp3) is 0.871. The summed E-state index contributed by atoms with van der Waals surface area (Å²) in [5.74, 6) is -0.782. The van der Waals surface area contributed by atoms with Crippen molar-refractivity contribution in [2.75, 3.05) is 7.11 Å². The molecule has 0 N–H and O–H groups in total.